The molecule has 3 rings (SSSR count). The molecule has 0 aromatic carbocycles. The van der Waals surface area contributed by atoms with Gasteiger partial charge in [0.2, 0.25) is 0 Å². The normalized spacial score (nSPS) is 15.2. The second-order valence-corrected chi connectivity index (χ2v) is 3.90. The van der Waals surface area contributed by atoms with Crippen molar-refractivity contribution < 1.29 is 0 Å². The summed E-state index contributed by atoms with van der Waals surface area (Å²) >= 11 is 0. The molecule has 84 valence electrons. The number of aromatic nitrogens is 4. The summed E-state index contributed by atoms with van der Waals surface area (Å²) in [4.78, 5) is 12.6. The average Bonchev–Trinajstić information content (AvgIpc) is 2.68. The lowest BCUT2D eigenvalue weighted by Crippen LogP contribution is -2.11. The summed E-state index contributed by atoms with van der Waals surface area (Å²) in [6.07, 6.45) is 10.9. The molecule has 0 aliphatic heterocycles. The molecule has 1 aliphatic rings. The Kier molecular flexibility index (Phi) is 3.19. The summed E-state index contributed by atoms with van der Waals surface area (Å²) in [6.45, 7) is 0. The van der Waals surface area contributed by atoms with Gasteiger partial charge in [0, 0.05) is 30.1 Å². The van der Waals surface area contributed by atoms with Gasteiger partial charge >= 0.3 is 0 Å². The molecule has 0 radical (unpaired) electrons. The fourth-order valence-electron chi connectivity index (χ4n) is 1.82. The van der Waals surface area contributed by atoms with E-state index in [0.29, 0.717) is 5.92 Å². The molecule has 2 heterocycles. The third-order valence-corrected chi connectivity index (χ3v) is 2.97. The Morgan fingerprint density at radius 1 is 1.25 bits per heavy atom. The fraction of sp³-hybridized carbons (Fsp3) is 0.364. The highest BCUT2D eigenvalue weighted by molar-refractivity contribution is 5.85. The van der Waals surface area contributed by atoms with E-state index in [4.69, 9.17) is 0 Å². The van der Waals surface area contributed by atoms with Crippen LogP contribution < -0.4 is 0 Å². The molecule has 4 nitrogen and oxygen atoms in total. The van der Waals surface area contributed by atoms with Crippen molar-refractivity contribution in [2.45, 2.75) is 25.2 Å². The van der Waals surface area contributed by atoms with Crippen molar-refractivity contribution >= 4 is 12.4 Å². The third kappa shape index (κ3) is 1.93. The highest BCUT2D eigenvalue weighted by Gasteiger charge is 2.21. The second kappa shape index (κ2) is 4.61. The van der Waals surface area contributed by atoms with Crippen LogP contribution in [-0.4, -0.2) is 19.5 Å². The number of imidazole rings is 1. The van der Waals surface area contributed by atoms with Crippen molar-refractivity contribution in [3.8, 4) is 5.82 Å². The lowest BCUT2D eigenvalue weighted by atomic mass is 9.83. The van der Waals surface area contributed by atoms with Crippen molar-refractivity contribution in [3.63, 3.8) is 0 Å². The standard InChI is InChI=1S/C11H12N4.ClH/c1-2-9(3-1)10-6-11(14-7-13-10)15-5-4-12-8-15;/h4-9H,1-3H2;1H. The Hall–Kier alpha value is -1.42. The fourth-order valence-corrected chi connectivity index (χ4v) is 1.82. The number of hydrogen-bond acceptors (Lipinski definition) is 3. The molecular formula is C11H13ClN4. The predicted molar refractivity (Wildman–Crippen MR) is 63.0 cm³/mol. The molecule has 1 aliphatic carbocycles. The molecule has 0 unspecified atom stereocenters. The van der Waals surface area contributed by atoms with Crippen LogP contribution in [0.5, 0.6) is 0 Å². The van der Waals surface area contributed by atoms with Crippen LogP contribution in [0.1, 0.15) is 30.9 Å². The van der Waals surface area contributed by atoms with Crippen molar-refractivity contribution in [1.82, 2.24) is 19.5 Å². The molecule has 0 saturated heterocycles. The maximum absolute atomic E-state index is 4.33. The number of nitrogens with zero attached hydrogens (tertiary/aromatic N) is 4. The van der Waals surface area contributed by atoms with Crippen LogP contribution in [-0.2, 0) is 0 Å². The third-order valence-electron chi connectivity index (χ3n) is 2.97. The molecule has 1 fully saturated rings. The first kappa shape index (κ1) is 11.1. The Balaban J connectivity index is 0.000000963. The molecule has 1 saturated carbocycles. The Bertz CT molecular complexity index is 451. The number of rotatable bonds is 2. The first-order valence-corrected chi connectivity index (χ1v) is 5.24. The van der Waals surface area contributed by atoms with E-state index in [2.05, 4.69) is 21.0 Å². The van der Waals surface area contributed by atoms with Crippen molar-refractivity contribution in [3.05, 3.63) is 36.8 Å². The molecule has 0 N–H and O–H groups in total. The predicted octanol–water partition coefficient (Wildman–Crippen LogP) is 2.35. The van der Waals surface area contributed by atoms with Crippen molar-refractivity contribution in [2.75, 3.05) is 0 Å². The first-order valence-electron chi connectivity index (χ1n) is 5.24. The summed E-state index contributed by atoms with van der Waals surface area (Å²) < 4.78 is 1.91. The second-order valence-electron chi connectivity index (χ2n) is 3.90. The Labute approximate surface area is 100 Å². The Morgan fingerprint density at radius 2 is 2.12 bits per heavy atom. The van der Waals surface area contributed by atoms with E-state index in [9.17, 15) is 0 Å². The van der Waals surface area contributed by atoms with Gasteiger partial charge in [0.05, 0.1) is 0 Å². The van der Waals surface area contributed by atoms with Crippen LogP contribution in [0.3, 0.4) is 0 Å². The van der Waals surface area contributed by atoms with Gasteiger partial charge in [-0.05, 0) is 12.8 Å². The van der Waals surface area contributed by atoms with Crippen LogP contribution in [0, 0.1) is 0 Å². The maximum atomic E-state index is 4.33. The highest BCUT2D eigenvalue weighted by Crippen LogP contribution is 2.35. The van der Waals surface area contributed by atoms with E-state index in [1.807, 2.05) is 10.8 Å². The minimum Gasteiger partial charge on any atom is -0.290 e. The zero-order valence-corrected chi connectivity index (χ0v) is 9.60. The van der Waals surface area contributed by atoms with Gasteiger partial charge in [-0.15, -0.1) is 12.4 Å². The molecule has 5 heteroatoms. The topological polar surface area (TPSA) is 43.6 Å². The smallest absolute Gasteiger partial charge is 0.141 e. The highest BCUT2D eigenvalue weighted by atomic mass is 35.5. The van der Waals surface area contributed by atoms with E-state index in [1.165, 1.54) is 25.0 Å². The molecule has 0 bridgehead atoms. The van der Waals surface area contributed by atoms with Crippen molar-refractivity contribution in [1.29, 1.82) is 0 Å². The van der Waals surface area contributed by atoms with Gasteiger partial charge in [-0.3, -0.25) is 4.57 Å². The van der Waals surface area contributed by atoms with Gasteiger partial charge < -0.3 is 0 Å². The molecule has 16 heavy (non-hydrogen) atoms. The van der Waals surface area contributed by atoms with E-state index in [0.717, 1.165) is 5.82 Å². The Morgan fingerprint density at radius 3 is 2.75 bits per heavy atom. The number of halogens is 1. The lowest BCUT2D eigenvalue weighted by Gasteiger charge is -2.24. The molecule has 0 atom stereocenters. The largest absolute Gasteiger partial charge is 0.290 e. The van der Waals surface area contributed by atoms with E-state index < -0.39 is 0 Å². The summed E-state index contributed by atoms with van der Waals surface area (Å²) in [5.41, 5.74) is 1.17. The molecular weight excluding hydrogens is 224 g/mol. The van der Waals surface area contributed by atoms with Gasteiger partial charge in [-0.25, -0.2) is 15.0 Å². The lowest BCUT2D eigenvalue weighted by molar-refractivity contribution is 0.410. The van der Waals surface area contributed by atoms with E-state index in [-0.39, 0.29) is 12.4 Å². The number of hydrogen-bond donors (Lipinski definition) is 0. The van der Waals surface area contributed by atoms with Gasteiger partial charge in [0.1, 0.15) is 18.5 Å². The van der Waals surface area contributed by atoms with Crippen LogP contribution in [0.2, 0.25) is 0 Å². The summed E-state index contributed by atoms with van der Waals surface area (Å²) in [5, 5.41) is 0. The van der Waals surface area contributed by atoms with Gasteiger partial charge in [-0.2, -0.15) is 0 Å². The molecule has 2 aromatic heterocycles. The van der Waals surface area contributed by atoms with Crippen LogP contribution in [0.4, 0.5) is 0 Å². The summed E-state index contributed by atoms with van der Waals surface area (Å²) in [5.74, 6) is 1.56. The summed E-state index contributed by atoms with van der Waals surface area (Å²) in [6, 6.07) is 2.06. The first-order chi connectivity index (χ1) is 7.43. The van der Waals surface area contributed by atoms with Gasteiger partial charge in [0.15, 0.2) is 0 Å². The van der Waals surface area contributed by atoms with Crippen LogP contribution in [0.25, 0.3) is 5.82 Å². The SMILES string of the molecule is Cl.c1cn(-c2cc(C3CCC3)ncn2)cn1. The van der Waals surface area contributed by atoms with Gasteiger partial charge in [0.25, 0.3) is 0 Å². The zero-order valence-electron chi connectivity index (χ0n) is 8.78. The molecule has 2 aromatic rings. The van der Waals surface area contributed by atoms with Crippen molar-refractivity contribution in [2.24, 2.45) is 0 Å². The molecule has 0 spiro atoms. The summed E-state index contributed by atoms with van der Waals surface area (Å²) in [7, 11) is 0. The maximum Gasteiger partial charge on any atom is 0.141 e. The zero-order chi connectivity index (χ0) is 10.1. The van der Waals surface area contributed by atoms with Crippen LogP contribution >= 0.6 is 12.4 Å². The minimum absolute atomic E-state index is 0. The minimum atomic E-state index is 0. The van der Waals surface area contributed by atoms with E-state index >= 15 is 0 Å². The quantitative estimate of drug-likeness (QED) is 0.804. The van der Waals surface area contributed by atoms with Gasteiger partial charge in [-0.1, -0.05) is 6.42 Å². The van der Waals surface area contributed by atoms with Crippen LogP contribution in [0.15, 0.2) is 31.1 Å². The van der Waals surface area contributed by atoms with E-state index in [1.54, 1.807) is 18.9 Å². The monoisotopic (exact) mass is 236 g/mol. The average molecular weight is 237 g/mol. The molecule has 0 amide bonds.